The van der Waals surface area contributed by atoms with Crippen LogP contribution in [0.3, 0.4) is 0 Å². The van der Waals surface area contributed by atoms with E-state index < -0.39 is 23.3 Å². The van der Waals surface area contributed by atoms with Crippen molar-refractivity contribution in [3.05, 3.63) is 52.3 Å². The van der Waals surface area contributed by atoms with E-state index in [9.17, 15) is 14.4 Å². The van der Waals surface area contributed by atoms with Crippen LogP contribution in [-0.4, -0.2) is 85.2 Å². The second-order valence-corrected chi connectivity index (χ2v) is 10.9. The Balaban J connectivity index is 1.31. The number of ether oxygens (including phenoxy) is 1. The van der Waals surface area contributed by atoms with E-state index in [1.807, 2.05) is 4.90 Å². The van der Waals surface area contributed by atoms with E-state index in [2.05, 4.69) is 12.6 Å². The molecule has 1 atom stereocenters. The maximum atomic E-state index is 15.1. The number of halogens is 3. The number of thiol groups is 1. The summed E-state index contributed by atoms with van der Waals surface area (Å²) in [6, 6.07) is 9.72. The molecule has 2 aromatic carbocycles. The maximum absolute atomic E-state index is 15.1. The highest BCUT2D eigenvalue weighted by Gasteiger charge is 2.34. The molecule has 37 heavy (non-hydrogen) atoms. The van der Waals surface area contributed by atoms with Crippen molar-refractivity contribution in [3.8, 4) is 0 Å². The average molecular weight is 588 g/mol. The maximum Gasteiger partial charge on any atom is 0.414 e. The molecule has 0 saturated carbocycles. The van der Waals surface area contributed by atoms with Gasteiger partial charge in [-0.15, -0.1) is 11.8 Å². The van der Waals surface area contributed by atoms with E-state index in [4.69, 9.17) is 27.9 Å². The molecular formula is C24H25Cl2FN4O4S2. The van der Waals surface area contributed by atoms with Gasteiger partial charge in [-0.25, -0.2) is 9.18 Å². The second-order valence-electron chi connectivity index (χ2n) is 8.65. The van der Waals surface area contributed by atoms with Crippen LogP contribution in [0, 0.1) is 5.82 Å². The first-order valence-corrected chi connectivity index (χ1v) is 13.6. The molecule has 1 unspecified atom stereocenters. The van der Waals surface area contributed by atoms with E-state index in [1.54, 1.807) is 42.3 Å². The molecular weight excluding hydrogens is 562 g/mol. The quantitative estimate of drug-likeness (QED) is 0.368. The van der Waals surface area contributed by atoms with Crippen molar-refractivity contribution in [1.29, 1.82) is 0 Å². The van der Waals surface area contributed by atoms with Gasteiger partial charge in [0.25, 0.3) is 5.24 Å². The van der Waals surface area contributed by atoms with Gasteiger partial charge in [-0.3, -0.25) is 14.5 Å². The van der Waals surface area contributed by atoms with Gasteiger partial charge in [0.15, 0.2) is 0 Å². The minimum absolute atomic E-state index is 0.0242. The number of cyclic esters (lactones) is 1. The van der Waals surface area contributed by atoms with Crippen LogP contribution in [0.5, 0.6) is 0 Å². The topological polar surface area (TPSA) is 73.4 Å². The predicted molar refractivity (Wildman–Crippen MR) is 147 cm³/mol. The SMILES string of the molecule is CN(CC1CN(c2ccc(N3CCN(C(=O)CSc4cc(Cl)ccc4Cl)CC3)c(F)c2)C(=O)O1)C(=O)S. The molecule has 0 bridgehead atoms. The number of rotatable bonds is 7. The third-order valence-corrected chi connectivity index (χ3v) is 8.20. The van der Waals surface area contributed by atoms with E-state index in [1.165, 1.54) is 27.6 Å². The van der Waals surface area contributed by atoms with Gasteiger partial charge in [-0.1, -0.05) is 35.8 Å². The molecule has 3 amide bonds. The first kappa shape index (κ1) is 27.7. The number of benzene rings is 2. The number of hydrogen-bond acceptors (Lipinski definition) is 6. The van der Waals surface area contributed by atoms with Crippen molar-refractivity contribution < 1.29 is 23.5 Å². The Morgan fingerprint density at radius 1 is 1.16 bits per heavy atom. The largest absolute Gasteiger partial charge is 0.442 e. The Hall–Kier alpha value is -2.34. The van der Waals surface area contributed by atoms with Crippen LogP contribution in [0.25, 0.3) is 0 Å². The Kier molecular flexibility index (Phi) is 8.99. The number of amides is 3. The van der Waals surface area contributed by atoms with Gasteiger partial charge < -0.3 is 19.4 Å². The number of piperazine rings is 1. The summed E-state index contributed by atoms with van der Waals surface area (Å²) in [6.07, 6.45) is -1.13. The van der Waals surface area contributed by atoms with Crippen molar-refractivity contribution in [3.63, 3.8) is 0 Å². The van der Waals surface area contributed by atoms with Crippen molar-refractivity contribution in [1.82, 2.24) is 9.80 Å². The van der Waals surface area contributed by atoms with E-state index >= 15 is 4.39 Å². The lowest BCUT2D eigenvalue weighted by Crippen LogP contribution is -2.49. The summed E-state index contributed by atoms with van der Waals surface area (Å²) in [5.41, 5.74) is 0.777. The molecule has 0 aliphatic carbocycles. The standard InChI is InChI=1S/C24H25Cl2FN4O4S2/c1-28(24(34)36)12-17-13-31(23(33)35-17)16-3-5-20(19(27)11-16)29-6-8-30(9-7-29)22(32)14-37-21-10-15(25)2-4-18(21)26/h2-5,10-11,17H,6-9,12-14H2,1H3,(H,34,36). The minimum Gasteiger partial charge on any atom is -0.442 e. The summed E-state index contributed by atoms with van der Waals surface area (Å²) in [6.45, 7) is 2.26. The predicted octanol–water partition coefficient (Wildman–Crippen LogP) is 4.88. The van der Waals surface area contributed by atoms with Crippen LogP contribution in [0.2, 0.25) is 10.0 Å². The van der Waals surface area contributed by atoms with Crippen molar-refractivity contribution in [2.45, 2.75) is 11.0 Å². The Labute approximate surface area is 234 Å². The molecule has 2 fully saturated rings. The van der Waals surface area contributed by atoms with Crippen LogP contribution < -0.4 is 9.80 Å². The molecule has 2 saturated heterocycles. The van der Waals surface area contributed by atoms with Gasteiger partial charge in [-0.2, -0.15) is 0 Å². The number of thioether (sulfide) groups is 1. The summed E-state index contributed by atoms with van der Waals surface area (Å²) < 4.78 is 20.4. The molecule has 0 N–H and O–H groups in total. The van der Waals surface area contributed by atoms with Gasteiger partial charge in [0.2, 0.25) is 5.91 Å². The third kappa shape index (κ3) is 6.76. The minimum atomic E-state index is -0.596. The summed E-state index contributed by atoms with van der Waals surface area (Å²) in [4.78, 5) is 43.4. The smallest absolute Gasteiger partial charge is 0.414 e. The number of hydrogen-bond donors (Lipinski definition) is 1. The van der Waals surface area contributed by atoms with Gasteiger partial charge in [0.1, 0.15) is 11.9 Å². The second kappa shape index (κ2) is 12.0. The first-order valence-electron chi connectivity index (χ1n) is 11.4. The third-order valence-electron chi connectivity index (χ3n) is 6.14. The molecule has 0 spiro atoms. The highest BCUT2D eigenvalue weighted by Crippen LogP contribution is 2.31. The lowest BCUT2D eigenvalue weighted by Gasteiger charge is -2.36. The molecule has 4 rings (SSSR count). The number of likely N-dealkylation sites (N-methyl/N-ethyl adjacent to an activating group) is 1. The fraction of sp³-hybridized carbons (Fsp3) is 0.375. The summed E-state index contributed by atoms with van der Waals surface area (Å²) >= 11 is 17.3. The van der Waals surface area contributed by atoms with E-state index in [0.29, 0.717) is 47.6 Å². The molecule has 8 nitrogen and oxygen atoms in total. The Bertz CT molecular complexity index is 1200. The summed E-state index contributed by atoms with van der Waals surface area (Å²) in [7, 11) is 1.56. The Morgan fingerprint density at radius 3 is 2.57 bits per heavy atom. The zero-order chi connectivity index (χ0) is 26.7. The fourth-order valence-corrected chi connectivity index (χ4v) is 5.62. The van der Waals surface area contributed by atoms with Crippen molar-refractivity contribution >= 4 is 76.2 Å². The van der Waals surface area contributed by atoms with Crippen molar-refractivity contribution in [2.24, 2.45) is 0 Å². The molecule has 0 aromatic heterocycles. The van der Waals surface area contributed by atoms with Crippen LogP contribution in [0.15, 0.2) is 41.3 Å². The van der Waals surface area contributed by atoms with Gasteiger partial charge in [0.05, 0.1) is 35.2 Å². The Morgan fingerprint density at radius 2 is 1.89 bits per heavy atom. The highest BCUT2D eigenvalue weighted by atomic mass is 35.5. The van der Waals surface area contributed by atoms with Gasteiger partial charge >= 0.3 is 6.09 Å². The average Bonchev–Trinajstić information content (AvgIpc) is 3.24. The molecule has 2 aliphatic rings. The summed E-state index contributed by atoms with van der Waals surface area (Å²) in [5.74, 6) is -0.264. The van der Waals surface area contributed by atoms with Crippen molar-refractivity contribution in [2.75, 3.05) is 61.9 Å². The zero-order valence-electron chi connectivity index (χ0n) is 19.9. The molecule has 13 heteroatoms. The molecule has 198 valence electrons. The first-order chi connectivity index (χ1) is 17.6. The molecule has 0 radical (unpaired) electrons. The van der Waals surface area contributed by atoms with Crippen LogP contribution in [-0.2, 0) is 9.53 Å². The lowest BCUT2D eigenvalue weighted by molar-refractivity contribution is -0.128. The number of carbonyl (C=O) groups is 3. The highest BCUT2D eigenvalue weighted by molar-refractivity contribution is 8.00. The molecule has 2 aliphatic heterocycles. The molecule has 2 heterocycles. The summed E-state index contributed by atoms with van der Waals surface area (Å²) in [5, 5.41) is 0.666. The number of carbonyl (C=O) groups excluding carboxylic acids is 3. The fourth-order valence-electron chi connectivity index (χ4n) is 4.15. The molecule has 2 aromatic rings. The normalized spacial score (nSPS) is 17.7. The monoisotopic (exact) mass is 586 g/mol. The van der Waals surface area contributed by atoms with Gasteiger partial charge in [-0.05, 0) is 36.4 Å². The zero-order valence-corrected chi connectivity index (χ0v) is 23.1. The van der Waals surface area contributed by atoms with Gasteiger partial charge in [0, 0.05) is 43.1 Å². The van der Waals surface area contributed by atoms with E-state index in [0.717, 1.165) is 4.90 Å². The van der Waals surface area contributed by atoms with Crippen LogP contribution in [0.4, 0.5) is 25.4 Å². The number of anilines is 2. The van der Waals surface area contributed by atoms with Crippen LogP contribution in [0.1, 0.15) is 0 Å². The van der Waals surface area contributed by atoms with Crippen LogP contribution >= 0.6 is 47.6 Å². The lowest BCUT2D eigenvalue weighted by atomic mass is 10.2. The van der Waals surface area contributed by atoms with E-state index in [-0.39, 0.29) is 24.7 Å². The number of nitrogens with zero attached hydrogens (tertiary/aromatic N) is 4.